The summed E-state index contributed by atoms with van der Waals surface area (Å²) in [5.74, 6) is -3.45. The van der Waals surface area contributed by atoms with Gasteiger partial charge in [0.05, 0.1) is 17.5 Å². The van der Waals surface area contributed by atoms with Crippen molar-refractivity contribution in [3.8, 4) is 0 Å². The number of halogens is 1. The van der Waals surface area contributed by atoms with E-state index in [1.54, 1.807) is 13.0 Å². The number of fused-ring (bicyclic) bond motifs is 1. The number of aryl methyl sites for hydroxylation is 1. The van der Waals surface area contributed by atoms with Crippen LogP contribution in [0, 0.1) is 24.7 Å². The van der Waals surface area contributed by atoms with Gasteiger partial charge in [-0.25, -0.2) is 4.98 Å². The average molecular weight is 366 g/mol. The van der Waals surface area contributed by atoms with Crippen molar-refractivity contribution in [2.24, 2.45) is 17.8 Å². The molecule has 7 nitrogen and oxygen atoms in total. The van der Waals surface area contributed by atoms with Crippen LogP contribution in [0.1, 0.15) is 29.1 Å². The summed E-state index contributed by atoms with van der Waals surface area (Å²) in [5, 5.41) is 18.2. The molecule has 25 heavy (non-hydrogen) atoms. The Bertz CT molecular complexity index is 873. The van der Waals surface area contributed by atoms with Crippen molar-refractivity contribution in [3.63, 3.8) is 0 Å². The monoisotopic (exact) mass is 365 g/mol. The molecule has 0 amide bonds. The van der Waals surface area contributed by atoms with Crippen LogP contribution in [0.5, 0.6) is 0 Å². The number of Topliss-reactive ketones (excluding diaryl/α,β-unsaturated/α-hetero) is 2. The first-order valence-corrected chi connectivity index (χ1v) is 8.17. The maximum Gasteiger partial charge on any atom is 0.309 e. The van der Waals surface area contributed by atoms with Gasteiger partial charge in [-0.2, -0.15) is 0 Å². The minimum Gasteiger partial charge on any atom is -0.481 e. The highest BCUT2D eigenvalue weighted by molar-refractivity contribution is 6.35. The molecule has 0 unspecified atom stereocenters. The lowest BCUT2D eigenvalue weighted by molar-refractivity contribution is -0.145. The fraction of sp³-hybridized carbons (Fsp3) is 0.412. The molecule has 0 spiro atoms. The minimum atomic E-state index is -1.22. The number of nitrogens with zero attached hydrogens (tertiary/aromatic N) is 1. The first kappa shape index (κ1) is 17.6. The summed E-state index contributed by atoms with van der Waals surface area (Å²) in [7, 11) is 0. The summed E-state index contributed by atoms with van der Waals surface area (Å²) >= 11 is 6.12. The summed E-state index contributed by atoms with van der Waals surface area (Å²) in [6.07, 6.45) is 0.103. The minimum absolute atomic E-state index is 0.223. The van der Waals surface area contributed by atoms with Crippen LogP contribution < -0.4 is 0 Å². The smallest absolute Gasteiger partial charge is 0.309 e. The zero-order valence-corrected chi connectivity index (χ0v) is 14.1. The molecule has 1 fully saturated rings. The molecule has 3 rings (SSSR count). The fourth-order valence-corrected chi connectivity index (χ4v) is 3.18. The largest absolute Gasteiger partial charge is 0.481 e. The Labute approximate surface area is 147 Å². The summed E-state index contributed by atoms with van der Waals surface area (Å²) in [6.45, 7) is 1.07. The molecule has 1 aromatic heterocycles. The molecule has 2 N–H and O–H groups in total. The Kier molecular flexibility index (Phi) is 4.62. The van der Waals surface area contributed by atoms with Gasteiger partial charge in [0.1, 0.15) is 11.3 Å². The van der Waals surface area contributed by atoms with Gasteiger partial charge in [-0.05, 0) is 18.6 Å². The Morgan fingerprint density at radius 3 is 2.72 bits per heavy atom. The van der Waals surface area contributed by atoms with Gasteiger partial charge >= 0.3 is 5.97 Å². The molecular formula is C17H16ClNO6. The number of carboxylic acid groups (broad SMARTS) is 1. The van der Waals surface area contributed by atoms with E-state index < -0.39 is 30.3 Å². The highest BCUT2D eigenvalue weighted by Crippen LogP contribution is 2.43. The number of rotatable bonds is 7. The van der Waals surface area contributed by atoms with Crippen molar-refractivity contribution in [2.45, 2.75) is 19.8 Å². The molecule has 1 aromatic carbocycles. The number of aliphatic hydroxyl groups excluding tert-OH is 1. The third-order valence-electron chi connectivity index (χ3n) is 4.39. The van der Waals surface area contributed by atoms with Gasteiger partial charge < -0.3 is 14.6 Å². The Balaban J connectivity index is 1.73. The second-order valence-corrected chi connectivity index (χ2v) is 6.65. The summed E-state index contributed by atoms with van der Waals surface area (Å²) in [6, 6.07) is 3.07. The first-order chi connectivity index (χ1) is 11.8. The molecule has 8 heteroatoms. The van der Waals surface area contributed by atoms with E-state index in [2.05, 4.69) is 4.98 Å². The molecule has 1 aliphatic carbocycles. The van der Waals surface area contributed by atoms with Crippen LogP contribution in [0.2, 0.25) is 5.02 Å². The van der Waals surface area contributed by atoms with E-state index in [0.717, 1.165) is 0 Å². The van der Waals surface area contributed by atoms with Crippen molar-refractivity contribution in [2.75, 3.05) is 6.61 Å². The Morgan fingerprint density at radius 1 is 1.36 bits per heavy atom. The lowest BCUT2D eigenvalue weighted by atomic mass is 9.98. The molecule has 132 valence electrons. The van der Waals surface area contributed by atoms with Crippen molar-refractivity contribution in [1.82, 2.24) is 4.98 Å². The number of hydrogen-bond donors (Lipinski definition) is 2. The normalized spacial score (nSPS) is 20.4. The summed E-state index contributed by atoms with van der Waals surface area (Å²) < 4.78 is 5.36. The number of aliphatic hydroxyl groups is 1. The fourth-order valence-electron chi connectivity index (χ4n) is 2.92. The topological polar surface area (TPSA) is 118 Å². The molecule has 0 aliphatic heterocycles. The number of carbonyl (C=O) groups is 3. The van der Waals surface area contributed by atoms with E-state index in [-0.39, 0.29) is 23.0 Å². The standard InChI is InChI=1S/C17H16ClNO6/c1-7-19-13-3-8(2-12(18)16(13)25-7)15(22)11-5-10(11)14(21)4-9(6-20)17(23)24/h2-3,9-11,20H,4-6H2,1H3,(H,23,24)/t9-,10-,11-/m0/s1. The number of aliphatic carboxylic acids is 1. The maximum atomic E-state index is 12.6. The molecule has 2 aromatic rings. The number of hydrogen-bond acceptors (Lipinski definition) is 6. The zero-order chi connectivity index (χ0) is 18.3. The third kappa shape index (κ3) is 3.43. The van der Waals surface area contributed by atoms with Crippen LogP contribution in [0.4, 0.5) is 0 Å². The number of oxazole rings is 1. The highest BCUT2D eigenvalue weighted by Gasteiger charge is 2.48. The van der Waals surface area contributed by atoms with Gasteiger partial charge in [-0.3, -0.25) is 14.4 Å². The second-order valence-electron chi connectivity index (χ2n) is 6.24. The van der Waals surface area contributed by atoms with Gasteiger partial charge in [0, 0.05) is 30.7 Å². The van der Waals surface area contributed by atoms with Gasteiger partial charge in [-0.15, -0.1) is 0 Å². The van der Waals surface area contributed by atoms with Gasteiger partial charge in [0.15, 0.2) is 17.3 Å². The van der Waals surface area contributed by atoms with E-state index in [9.17, 15) is 14.4 Å². The number of ketones is 2. The molecular weight excluding hydrogens is 350 g/mol. The maximum absolute atomic E-state index is 12.6. The van der Waals surface area contributed by atoms with E-state index in [0.29, 0.717) is 29.0 Å². The second kappa shape index (κ2) is 6.57. The lowest BCUT2D eigenvalue weighted by Gasteiger charge is -2.07. The van der Waals surface area contributed by atoms with Crippen LogP contribution >= 0.6 is 11.6 Å². The molecule has 1 aliphatic rings. The molecule has 0 bridgehead atoms. The number of carboxylic acids is 1. The van der Waals surface area contributed by atoms with Gasteiger partial charge in [0.25, 0.3) is 0 Å². The summed E-state index contributed by atoms with van der Waals surface area (Å²) in [4.78, 5) is 39.8. The van der Waals surface area contributed by atoms with E-state index >= 15 is 0 Å². The van der Waals surface area contributed by atoms with Crippen LogP contribution in [0.15, 0.2) is 16.5 Å². The molecule has 3 atom stereocenters. The first-order valence-electron chi connectivity index (χ1n) is 7.79. The van der Waals surface area contributed by atoms with E-state index in [4.69, 9.17) is 26.2 Å². The van der Waals surface area contributed by atoms with Crippen LogP contribution in [0.25, 0.3) is 11.1 Å². The van der Waals surface area contributed by atoms with Crippen LogP contribution in [0.3, 0.4) is 0 Å². The van der Waals surface area contributed by atoms with E-state index in [1.807, 2.05) is 0 Å². The molecule has 1 heterocycles. The highest BCUT2D eigenvalue weighted by atomic mass is 35.5. The number of aromatic nitrogens is 1. The Morgan fingerprint density at radius 2 is 2.08 bits per heavy atom. The van der Waals surface area contributed by atoms with Crippen molar-refractivity contribution < 1.29 is 29.0 Å². The van der Waals surface area contributed by atoms with Crippen molar-refractivity contribution in [3.05, 3.63) is 28.6 Å². The molecule has 1 saturated carbocycles. The predicted octanol–water partition coefficient (Wildman–Crippen LogP) is 2.26. The lowest BCUT2D eigenvalue weighted by Crippen LogP contribution is -2.23. The SMILES string of the molecule is Cc1nc2cc(C(=O)[C@H]3C[C@@H]3C(=O)C[C@@H](CO)C(=O)O)cc(Cl)c2o1. The van der Waals surface area contributed by atoms with Crippen molar-refractivity contribution in [1.29, 1.82) is 0 Å². The van der Waals surface area contributed by atoms with Gasteiger partial charge in [-0.1, -0.05) is 11.6 Å². The van der Waals surface area contributed by atoms with E-state index in [1.165, 1.54) is 6.07 Å². The Hall–Kier alpha value is -2.25. The number of carbonyl (C=O) groups excluding carboxylic acids is 2. The van der Waals surface area contributed by atoms with Gasteiger partial charge in [0.2, 0.25) is 0 Å². The van der Waals surface area contributed by atoms with Crippen LogP contribution in [-0.4, -0.2) is 39.3 Å². The predicted molar refractivity (Wildman–Crippen MR) is 87.5 cm³/mol. The molecule has 0 radical (unpaired) electrons. The zero-order valence-electron chi connectivity index (χ0n) is 13.4. The average Bonchev–Trinajstić information content (AvgIpc) is 3.26. The van der Waals surface area contributed by atoms with Crippen LogP contribution in [-0.2, 0) is 9.59 Å². The molecule has 0 saturated heterocycles. The summed E-state index contributed by atoms with van der Waals surface area (Å²) in [5.41, 5.74) is 1.23. The number of benzene rings is 1. The quantitative estimate of drug-likeness (QED) is 0.722. The van der Waals surface area contributed by atoms with Crippen molar-refractivity contribution >= 4 is 40.2 Å². The third-order valence-corrected chi connectivity index (χ3v) is 4.67.